The van der Waals surface area contributed by atoms with Gasteiger partial charge in [0.1, 0.15) is 6.61 Å². The summed E-state index contributed by atoms with van der Waals surface area (Å²) in [5, 5.41) is 10.9. The zero-order valence-corrected chi connectivity index (χ0v) is 9.45. The molecule has 1 saturated carbocycles. The smallest absolute Gasteiger partial charge is 0.246 e. The van der Waals surface area contributed by atoms with Crippen LogP contribution in [0.15, 0.2) is 0 Å². The fraction of sp³-hybridized carbons (Fsp3) is 0.818. The first kappa shape index (κ1) is 12.9. The zero-order valence-electron chi connectivity index (χ0n) is 9.45. The number of rotatable bonds is 5. The molecule has 1 fully saturated rings. The van der Waals surface area contributed by atoms with E-state index in [2.05, 4.69) is 5.32 Å². The first-order valence-corrected chi connectivity index (χ1v) is 5.73. The maximum atomic E-state index is 11.3. The van der Waals surface area contributed by atoms with Crippen LogP contribution in [0, 0.1) is 11.3 Å². The first-order chi connectivity index (χ1) is 7.72. The number of nitrogens with two attached hydrogens (primary N) is 1. The largest absolute Gasteiger partial charge is 0.368 e. The van der Waals surface area contributed by atoms with Crippen molar-refractivity contribution in [3.63, 3.8) is 0 Å². The molecule has 5 heteroatoms. The van der Waals surface area contributed by atoms with Gasteiger partial charge in [0.15, 0.2) is 0 Å². The number of ether oxygens (including phenoxy) is 1. The maximum Gasteiger partial charge on any atom is 0.246 e. The summed E-state index contributed by atoms with van der Waals surface area (Å²) < 4.78 is 5.47. The summed E-state index contributed by atoms with van der Waals surface area (Å²) in [6, 6.07) is 2.17. The molecule has 0 aromatic carbocycles. The third-order valence-corrected chi connectivity index (χ3v) is 2.68. The zero-order chi connectivity index (χ0) is 11.8. The van der Waals surface area contributed by atoms with E-state index < -0.39 is 0 Å². The summed E-state index contributed by atoms with van der Waals surface area (Å²) in [5.74, 6) is -0.158. The van der Waals surface area contributed by atoms with E-state index in [0.717, 1.165) is 25.7 Å². The summed E-state index contributed by atoms with van der Waals surface area (Å²) in [6.45, 7) is 0.464. The Balaban J connectivity index is 2.09. The molecule has 0 aliphatic heterocycles. The minimum absolute atomic E-state index is 0.0722. The lowest BCUT2D eigenvalue weighted by molar-refractivity contribution is -0.128. The molecule has 90 valence electrons. The van der Waals surface area contributed by atoms with E-state index in [4.69, 9.17) is 15.7 Å². The molecule has 1 aliphatic rings. The van der Waals surface area contributed by atoms with Crippen molar-refractivity contribution in [2.24, 2.45) is 5.73 Å². The monoisotopic (exact) mass is 225 g/mol. The van der Waals surface area contributed by atoms with Gasteiger partial charge in [-0.15, -0.1) is 0 Å². The van der Waals surface area contributed by atoms with Crippen LogP contribution >= 0.6 is 0 Å². The minimum atomic E-state index is -0.158. The van der Waals surface area contributed by atoms with Gasteiger partial charge < -0.3 is 15.8 Å². The molecule has 0 aromatic rings. The number of carbonyl (C=O) groups excluding carboxylic acids is 1. The van der Waals surface area contributed by atoms with E-state index in [0.29, 0.717) is 13.0 Å². The molecule has 0 radical (unpaired) electrons. The third kappa shape index (κ3) is 5.10. The highest BCUT2D eigenvalue weighted by Crippen LogP contribution is 2.19. The summed E-state index contributed by atoms with van der Waals surface area (Å²) >= 11 is 0. The van der Waals surface area contributed by atoms with Gasteiger partial charge in [0.25, 0.3) is 0 Å². The second-order valence-corrected chi connectivity index (χ2v) is 4.12. The third-order valence-electron chi connectivity index (χ3n) is 2.68. The highest BCUT2D eigenvalue weighted by Gasteiger charge is 2.20. The summed E-state index contributed by atoms with van der Waals surface area (Å²) in [7, 11) is 0. The Morgan fingerprint density at radius 3 is 3.06 bits per heavy atom. The molecule has 0 spiro atoms. The molecular formula is C11H19N3O2. The Morgan fingerprint density at radius 2 is 2.38 bits per heavy atom. The number of hydrogen-bond acceptors (Lipinski definition) is 4. The standard InChI is InChI=1S/C11H19N3O2/c12-5-2-6-14-11(15)8-16-10-4-1-3-9(13)7-10/h9-10H,1-4,6-8,13H2,(H,14,15). The van der Waals surface area contributed by atoms with Crippen LogP contribution in [0.2, 0.25) is 0 Å². The number of nitrogens with zero attached hydrogens (tertiary/aromatic N) is 1. The van der Waals surface area contributed by atoms with Gasteiger partial charge in [0.05, 0.1) is 18.6 Å². The number of amides is 1. The second-order valence-electron chi connectivity index (χ2n) is 4.12. The molecule has 0 bridgehead atoms. The van der Waals surface area contributed by atoms with Crippen molar-refractivity contribution < 1.29 is 9.53 Å². The van der Waals surface area contributed by atoms with Crippen LogP contribution < -0.4 is 11.1 Å². The van der Waals surface area contributed by atoms with Gasteiger partial charge in [-0.1, -0.05) is 0 Å². The average molecular weight is 225 g/mol. The predicted molar refractivity (Wildman–Crippen MR) is 59.4 cm³/mol. The second kappa shape index (κ2) is 7.20. The average Bonchev–Trinajstić information content (AvgIpc) is 2.27. The van der Waals surface area contributed by atoms with Crippen LogP contribution in [0.5, 0.6) is 0 Å². The lowest BCUT2D eigenvalue weighted by Crippen LogP contribution is -2.35. The van der Waals surface area contributed by atoms with Crippen LogP contribution in [0.4, 0.5) is 0 Å². The number of nitriles is 1. The van der Waals surface area contributed by atoms with Crippen LogP contribution in [-0.2, 0) is 9.53 Å². The van der Waals surface area contributed by atoms with Crippen molar-refractivity contribution >= 4 is 5.91 Å². The van der Waals surface area contributed by atoms with Gasteiger partial charge in [-0.2, -0.15) is 5.26 Å². The summed E-state index contributed by atoms with van der Waals surface area (Å²) in [5.41, 5.74) is 5.81. The fourth-order valence-corrected chi connectivity index (χ4v) is 1.83. The Bertz CT molecular complexity index is 262. The van der Waals surface area contributed by atoms with Crippen molar-refractivity contribution in [2.45, 2.75) is 44.2 Å². The van der Waals surface area contributed by atoms with Crippen molar-refractivity contribution in [2.75, 3.05) is 13.2 Å². The fourth-order valence-electron chi connectivity index (χ4n) is 1.83. The molecule has 0 aromatic heterocycles. The van der Waals surface area contributed by atoms with E-state index >= 15 is 0 Å². The van der Waals surface area contributed by atoms with Crippen LogP contribution in [-0.4, -0.2) is 31.2 Å². The van der Waals surface area contributed by atoms with Gasteiger partial charge in [-0.05, 0) is 25.7 Å². The number of nitrogens with one attached hydrogen (secondary N) is 1. The molecule has 1 amide bonds. The number of hydrogen-bond donors (Lipinski definition) is 2. The SMILES string of the molecule is N#CCCNC(=O)COC1CCCC(N)C1. The predicted octanol–water partition coefficient (Wildman–Crippen LogP) is 0.303. The van der Waals surface area contributed by atoms with Gasteiger partial charge >= 0.3 is 0 Å². The van der Waals surface area contributed by atoms with Gasteiger partial charge in [-0.3, -0.25) is 4.79 Å². The topological polar surface area (TPSA) is 88.1 Å². The van der Waals surface area contributed by atoms with E-state index in [1.165, 1.54) is 0 Å². The normalized spacial score (nSPS) is 24.8. The molecule has 5 nitrogen and oxygen atoms in total. The molecule has 16 heavy (non-hydrogen) atoms. The molecule has 0 heterocycles. The van der Waals surface area contributed by atoms with Crippen molar-refractivity contribution in [3.05, 3.63) is 0 Å². The number of carbonyl (C=O) groups is 1. The molecule has 2 atom stereocenters. The van der Waals surface area contributed by atoms with Crippen LogP contribution in [0.3, 0.4) is 0 Å². The molecule has 1 aliphatic carbocycles. The Labute approximate surface area is 95.9 Å². The summed E-state index contributed by atoms with van der Waals surface area (Å²) in [4.78, 5) is 11.3. The quantitative estimate of drug-likeness (QED) is 0.659. The highest BCUT2D eigenvalue weighted by molar-refractivity contribution is 5.77. The molecular weight excluding hydrogens is 206 g/mol. The lowest BCUT2D eigenvalue weighted by Gasteiger charge is -2.26. The van der Waals surface area contributed by atoms with Crippen molar-refractivity contribution in [1.29, 1.82) is 5.26 Å². The van der Waals surface area contributed by atoms with E-state index in [1.54, 1.807) is 0 Å². The highest BCUT2D eigenvalue weighted by atomic mass is 16.5. The lowest BCUT2D eigenvalue weighted by atomic mass is 9.94. The van der Waals surface area contributed by atoms with E-state index in [9.17, 15) is 4.79 Å². The maximum absolute atomic E-state index is 11.3. The molecule has 0 saturated heterocycles. The van der Waals surface area contributed by atoms with Crippen molar-refractivity contribution in [3.8, 4) is 6.07 Å². The van der Waals surface area contributed by atoms with Crippen molar-refractivity contribution in [1.82, 2.24) is 5.32 Å². The van der Waals surface area contributed by atoms with Crippen LogP contribution in [0.1, 0.15) is 32.1 Å². The Morgan fingerprint density at radius 1 is 1.56 bits per heavy atom. The van der Waals surface area contributed by atoms with Gasteiger partial charge in [-0.25, -0.2) is 0 Å². The molecule has 1 rings (SSSR count). The summed E-state index contributed by atoms with van der Waals surface area (Å²) in [6.07, 6.45) is 4.39. The van der Waals surface area contributed by atoms with Gasteiger partial charge in [0.2, 0.25) is 5.91 Å². The minimum Gasteiger partial charge on any atom is -0.368 e. The first-order valence-electron chi connectivity index (χ1n) is 5.73. The van der Waals surface area contributed by atoms with Gasteiger partial charge in [0, 0.05) is 12.6 Å². The Hall–Kier alpha value is -1.12. The van der Waals surface area contributed by atoms with Crippen LogP contribution in [0.25, 0.3) is 0 Å². The molecule has 3 N–H and O–H groups in total. The Kier molecular flexibility index (Phi) is 5.83. The van der Waals surface area contributed by atoms with E-state index in [-0.39, 0.29) is 24.7 Å². The molecule has 2 unspecified atom stereocenters. The van der Waals surface area contributed by atoms with E-state index in [1.807, 2.05) is 6.07 Å².